The van der Waals surface area contributed by atoms with Crippen LogP contribution < -0.4 is 0 Å². The normalized spacial score (nSPS) is 18.2. The predicted octanol–water partition coefficient (Wildman–Crippen LogP) is 2.09. The van der Waals surface area contributed by atoms with E-state index in [4.69, 9.17) is 4.42 Å². The van der Waals surface area contributed by atoms with Crippen molar-refractivity contribution >= 4 is 11.8 Å². The topological polar surface area (TPSA) is 68.3 Å². The van der Waals surface area contributed by atoms with E-state index in [9.17, 15) is 9.59 Å². The van der Waals surface area contributed by atoms with Gasteiger partial charge in [0.2, 0.25) is 5.91 Å². The molecule has 0 saturated carbocycles. The van der Waals surface area contributed by atoms with Gasteiger partial charge in [-0.05, 0) is 38.5 Å². The molecule has 116 valence electrons. The molecule has 1 atom stereocenters. The first-order chi connectivity index (χ1) is 10.5. The summed E-state index contributed by atoms with van der Waals surface area (Å²) in [6.07, 6.45) is 1.81. The van der Waals surface area contributed by atoms with Crippen molar-refractivity contribution in [2.45, 2.75) is 33.7 Å². The van der Waals surface area contributed by atoms with Crippen LogP contribution in [0.2, 0.25) is 0 Å². The van der Waals surface area contributed by atoms with Crippen LogP contribution in [0.4, 0.5) is 0 Å². The second-order valence-electron chi connectivity index (χ2n) is 5.80. The van der Waals surface area contributed by atoms with Gasteiger partial charge >= 0.3 is 0 Å². The molecule has 3 rings (SSSR count). The van der Waals surface area contributed by atoms with Gasteiger partial charge in [0.25, 0.3) is 5.91 Å². The Morgan fingerprint density at radius 3 is 2.77 bits per heavy atom. The fourth-order valence-electron chi connectivity index (χ4n) is 2.79. The van der Waals surface area contributed by atoms with Crippen molar-refractivity contribution in [1.29, 1.82) is 0 Å². The van der Waals surface area contributed by atoms with E-state index in [1.54, 1.807) is 17.2 Å². The van der Waals surface area contributed by atoms with Crippen LogP contribution >= 0.6 is 0 Å². The zero-order chi connectivity index (χ0) is 15.9. The Kier molecular flexibility index (Phi) is 3.60. The Bertz CT molecular complexity index is 715. The number of furan rings is 1. The Labute approximate surface area is 128 Å². The molecule has 1 aliphatic rings. The van der Waals surface area contributed by atoms with Crippen LogP contribution in [0.1, 0.15) is 33.9 Å². The van der Waals surface area contributed by atoms with Gasteiger partial charge in [-0.1, -0.05) is 0 Å². The van der Waals surface area contributed by atoms with Crippen LogP contribution in [-0.4, -0.2) is 33.0 Å². The van der Waals surface area contributed by atoms with Gasteiger partial charge in [-0.25, -0.2) is 4.68 Å². The van der Waals surface area contributed by atoms with E-state index >= 15 is 0 Å². The molecule has 0 spiro atoms. The number of carbonyl (C=O) groups excluding carboxylic acids is 2. The molecule has 1 saturated heterocycles. The second-order valence-corrected chi connectivity index (χ2v) is 5.80. The number of aromatic nitrogens is 2. The molecule has 1 fully saturated rings. The van der Waals surface area contributed by atoms with Crippen LogP contribution in [0.3, 0.4) is 0 Å². The van der Waals surface area contributed by atoms with E-state index < -0.39 is 0 Å². The average Bonchev–Trinajstić information content (AvgIpc) is 3.18. The molecule has 6 nitrogen and oxygen atoms in total. The summed E-state index contributed by atoms with van der Waals surface area (Å²) in [7, 11) is 0. The maximum atomic E-state index is 12.6. The number of nitrogens with zero attached hydrogens (tertiary/aromatic N) is 3. The van der Waals surface area contributed by atoms with Crippen LogP contribution in [0.5, 0.6) is 0 Å². The van der Waals surface area contributed by atoms with Gasteiger partial charge in [0.15, 0.2) is 0 Å². The van der Waals surface area contributed by atoms with Crippen LogP contribution in [0.25, 0.3) is 0 Å². The maximum Gasteiger partial charge on any atom is 0.252 e. The molecule has 6 heteroatoms. The molecule has 1 amide bonds. The Balaban J connectivity index is 1.74. The summed E-state index contributed by atoms with van der Waals surface area (Å²) in [5.41, 5.74) is 2.71. The van der Waals surface area contributed by atoms with E-state index in [-0.39, 0.29) is 24.2 Å². The Morgan fingerprint density at radius 2 is 2.18 bits per heavy atom. The molecule has 0 bridgehead atoms. The molecule has 1 aliphatic heterocycles. The van der Waals surface area contributed by atoms with Crippen molar-refractivity contribution in [2.75, 3.05) is 6.54 Å². The van der Waals surface area contributed by atoms with Gasteiger partial charge in [-0.15, -0.1) is 0 Å². The van der Waals surface area contributed by atoms with Crippen molar-refractivity contribution < 1.29 is 14.0 Å². The highest BCUT2D eigenvalue weighted by molar-refractivity contribution is 5.90. The van der Waals surface area contributed by atoms with Gasteiger partial charge in [-0.2, -0.15) is 5.10 Å². The summed E-state index contributed by atoms with van der Waals surface area (Å²) in [5, 5.41) is 4.30. The van der Waals surface area contributed by atoms with Gasteiger partial charge in [0.05, 0.1) is 24.4 Å². The fraction of sp³-hybridized carbons (Fsp3) is 0.438. The molecule has 2 aromatic heterocycles. The third-order valence-electron chi connectivity index (χ3n) is 4.35. The minimum absolute atomic E-state index is 0.0204. The fourth-order valence-corrected chi connectivity index (χ4v) is 2.79. The highest BCUT2D eigenvalue weighted by atomic mass is 16.3. The Morgan fingerprint density at radius 1 is 1.41 bits per heavy atom. The molecule has 1 unspecified atom stereocenters. The predicted molar refractivity (Wildman–Crippen MR) is 79.3 cm³/mol. The number of amides is 1. The van der Waals surface area contributed by atoms with Gasteiger partial charge in [0, 0.05) is 18.7 Å². The van der Waals surface area contributed by atoms with Crippen LogP contribution in [0.15, 0.2) is 22.8 Å². The molecule has 0 aromatic carbocycles. The highest BCUT2D eigenvalue weighted by Crippen LogP contribution is 2.23. The minimum Gasteiger partial charge on any atom is -0.467 e. The first kappa shape index (κ1) is 14.6. The SMILES string of the molecule is Cc1nn(C(=O)C2CC(=O)N(Cc3ccco3)C2)c(C)c1C. The van der Waals surface area contributed by atoms with Gasteiger partial charge < -0.3 is 9.32 Å². The van der Waals surface area contributed by atoms with Crippen molar-refractivity contribution in [2.24, 2.45) is 5.92 Å². The summed E-state index contributed by atoms with van der Waals surface area (Å²) >= 11 is 0. The molecule has 22 heavy (non-hydrogen) atoms. The number of carbonyl (C=O) groups is 2. The molecule has 0 radical (unpaired) electrons. The van der Waals surface area contributed by atoms with Crippen LogP contribution in [-0.2, 0) is 11.3 Å². The molecule has 2 aromatic rings. The third-order valence-corrected chi connectivity index (χ3v) is 4.35. The first-order valence-corrected chi connectivity index (χ1v) is 7.34. The molecule has 0 N–H and O–H groups in total. The number of hydrogen-bond acceptors (Lipinski definition) is 4. The summed E-state index contributed by atoms with van der Waals surface area (Å²) < 4.78 is 6.71. The van der Waals surface area contributed by atoms with E-state index in [1.807, 2.05) is 26.8 Å². The lowest BCUT2D eigenvalue weighted by atomic mass is 10.1. The van der Waals surface area contributed by atoms with Gasteiger partial charge in [-0.3, -0.25) is 9.59 Å². The first-order valence-electron chi connectivity index (χ1n) is 7.34. The number of likely N-dealkylation sites (tertiary alicyclic amines) is 1. The van der Waals surface area contributed by atoms with Crippen molar-refractivity contribution in [3.8, 4) is 0 Å². The van der Waals surface area contributed by atoms with Crippen molar-refractivity contribution in [3.05, 3.63) is 41.1 Å². The maximum absolute atomic E-state index is 12.6. The molecule has 3 heterocycles. The lowest BCUT2D eigenvalue weighted by molar-refractivity contribution is -0.128. The minimum atomic E-state index is -0.347. The lowest BCUT2D eigenvalue weighted by Gasteiger charge is -2.14. The summed E-state index contributed by atoms with van der Waals surface area (Å²) in [6.45, 7) is 6.53. The molecular formula is C16H19N3O3. The second kappa shape index (κ2) is 5.44. The summed E-state index contributed by atoms with van der Waals surface area (Å²) in [6, 6.07) is 3.62. The standard InChI is InChI=1S/C16H19N3O3/c1-10-11(2)17-19(12(10)3)16(21)13-7-15(20)18(8-13)9-14-5-4-6-22-14/h4-6,13H,7-9H2,1-3H3. The van der Waals surface area contributed by atoms with Gasteiger partial charge in [0.1, 0.15) is 5.76 Å². The summed E-state index contributed by atoms with van der Waals surface area (Å²) in [4.78, 5) is 26.4. The number of aryl methyl sites for hydroxylation is 1. The zero-order valence-corrected chi connectivity index (χ0v) is 13.0. The summed E-state index contributed by atoms with van der Waals surface area (Å²) in [5.74, 6) is 0.250. The quantitative estimate of drug-likeness (QED) is 0.870. The Hall–Kier alpha value is -2.37. The average molecular weight is 301 g/mol. The van der Waals surface area contributed by atoms with Crippen molar-refractivity contribution in [3.63, 3.8) is 0 Å². The lowest BCUT2D eigenvalue weighted by Crippen LogP contribution is -2.28. The van der Waals surface area contributed by atoms with E-state index in [0.717, 1.165) is 22.7 Å². The smallest absolute Gasteiger partial charge is 0.252 e. The molecular weight excluding hydrogens is 282 g/mol. The van der Waals surface area contributed by atoms with Crippen LogP contribution in [0, 0.1) is 26.7 Å². The van der Waals surface area contributed by atoms with E-state index in [1.165, 1.54) is 4.68 Å². The highest BCUT2D eigenvalue weighted by Gasteiger charge is 2.36. The zero-order valence-electron chi connectivity index (χ0n) is 13.0. The largest absolute Gasteiger partial charge is 0.467 e. The monoisotopic (exact) mass is 301 g/mol. The third kappa shape index (κ3) is 2.45. The van der Waals surface area contributed by atoms with E-state index in [2.05, 4.69) is 5.10 Å². The molecule has 0 aliphatic carbocycles. The van der Waals surface area contributed by atoms with E-state index in [0.29, 0.717) is 13.1 Å². The number of rotatable bonds is 3. The van der Waals surface area contributed by atoms with Crippen molar-refractivity contribution in [1.82, 2.24) is 14.7 Å². The number of hydrogen-bond donors (Lipinski definition) is 0.